The van der Waals surface area contributed by atoms with Crippen LogP contribution in [0.3, 0.4) is 0 Å². The van der Waals surface area contributed by atoms with Crippen molar-refractivity contribution in [2.45, 2.75) is 19.9 Å². The molecule has 0 unspecified atom stereocenters. The van der Waals surface area contributed by atoms with E-state index in [1.165, 1.54) is 11.4 Å². The van der Waals surface area contributed by atoms with Crippen LogP contribution in [0.15, 0.2) is 48.5 Å². The quantitative estimate of drug-likeness (QED) is 0.847. The molecule has 0 aromatic heterocycles. The fourth-order valence-corrected chi connectivity index (χ4v) is 3.20. The Morgan fingerprint density at radius 2 is 1.37 bits per heavy atom. The number of methoxy groups -OCH3 is 1. The molecule has 1 aliphatic heterocycles. The average Bonchev–Trinajstić information content (AvgIpc) is 2.68. The minimum absolute atomic E-state index is 0.117. The Bertz CT molecular complexity index is 736. The van der Waals surface area contributed by atoms with Gasteiger partial charge in [0.05, 0.1) is 7.11 Å². The first kappa shape index (κ1) is 18.9. The predicted molar refractivity (Wildman–Crippen MR) is 111 cm³/mol. The molecule has 0 radical (unpaired) electrons. The molecule has 0 atom stereocenters. The van der Waals surface area contributed by atoms with Crippen molar-refractivity contribution in [3.8, 4) is 5.75 Å². The van der Waals surface area contributed by atoms with Gasteiger partial charge in [-0.05, 0) is 62.4 Å². The fraction of sp³-hybridized carbons (Fsp3) is 0.381. The highest BCUT2D eigenvalue weighted by Crippen LogP contribution is 2.23. The largest absolute Gasteiger partial charge is 0.497 e. The topological polar surface area (TPSA) is 56.8 Å². The molecule has 0 spiro atoms. The number of hydrogen-bond donors (Lipinski definition) is 2. The van der Waals surface area contributed by atoms with Crippen LogP contribution in [-0.2, 0) is 0 Å². The fourth-order valence-electron chi connectivity index (χ4n) is 3.20. The van der Waals surface area contributed by atoms with Gasteiger partial charge in [0.2, 0.25) is 0 Å². The number of anilines is 3. The molecule has 27 heavy (non-hydrogen) atoms. The zero-order valence-corrected chi connectivity index (χ0v) is 16.2. The number of piperazine rings is 1. The molecule has 2 N–H and O–H groups in total. The van der Waals surface area contributed by atoms with Crippen LogP contribution in [0.4, 0.5) is 21.9 Å². The first-order valence-electron chi connectivity index (χ1n) is 9.36. The van der Waals surface area contributed by atoms with Crippen LogP contribution >= 0.6 is 0 Å². The third kappa shape index (κ3) is 5.06. The lowest BCUT2D eigenvalue weighted by atomic mass is 10.2. The standard InChI is InChI=1S/C21H28N4O2/c1-16(2)22-21(26)23-17-4-6-18(7-5-17)24-12-14-25(15-13-24)19-8-10-20(27-3)11-9-19/h4-11,16H,12-15H2,1-3H3,(H2,22,23,26). The summed E-state index contributed by atoms with van der Waals surface area (Å²) in [5.74, 6) is 0.883. The molecule has 1 fully saturated rings. The van der Waals surface area contributed by atoms with E-state index in [0.717, 1.165) is 37.6 Å². The van der Waals surface area contributed by atoms with Gasteiger partial charge in [0.25, 0.3) is 0 Å². The van der Waals surface area contributed by atoms with Crippen molar-refractivity contribution in [1.82, 2.24) is 5.32 Å². The van der Waals surface area contributed by atoms with Crippen LogP contribution in [0.2, 0.25) is 0 Å². The molecule has 1 aliphatic rings. The summed E-state index contributed by atoms with van der Waals surface area (Å²) >= 11 is 0. The van der Waals surface area contributed by atoms with Crippen molar-refractivity contribution < 1.29 is 9.53 Å². The molecule has 6 heteroatoms. The molecule has 0 aliphatic carbocycles. The number of benzene rings is 2. The molecule has 2 aromatic carbocycles. The minimum Gasteiger partial charge on any atom is -0.497 e. The number of rotatable bonds is 5. The lowest BCUT2D eigenvalue weighted by Gasteiger charge is -2.37. The normalized spacial score (nSPS) is 14.2. The molecule has 144 valence electrons. The van der Waals surface area contributed by atoms with Crippen molar-refractivity contribution in [2.75, 3.05) is 48.4 Å². The third-order valence-electron chi connectivity index (χ3n) is 4.63. The summed E-state index contributed by atoms with van der Waals surface area (Å²) in [4.78, 5) is 16.5. The van der Waals surface area contributed by atoms with Gasteiger partial charge in [-0.15, -0.1) is 0 Å². The molecular formula is C21H28N4O2. The van der Waals surface area contributed by atoms with Gasteiger partial charge >= 0.3 is 6.03 Å². The molecule has 0 saturated carbocycles. The summed E-state index contributed by atoms with van der Waals surface area (Å²) in [5, 5.41) is 5.68. The van der Waals surface area contributed by atoms with Crippen LogP contribution in [0.25, 0.3) is 0 Å². The van der Waals surface area contributed by atoms with Gasteiger partial charge in [-0.25, -0.2) is 4.79 Å². The summed E-state index contributed by atoms with van der Waals surface area (Å²) in [7, 11) is 1.69. The van der Waals surface area contributed by atoms with E-state index in [1.54, 1.807) is 7.11 Å². The zero-order chi connectivity index (χ0) is 19.2. The Morgan fingerprint density at radius 3 is 1.81 bits per heavy atom. The maximum atomic E-state index is 11.8. The van der Waals surface area contributed by atoms with E-state index in [0.29, 0.717) is 0 Å². The molecule has 2 amide bonds. The van der Waals surface area contributed by atoms with E-state index in [1.807, 2.05) is 38.1 Å². The van der Waals surface area contributed by atoms with Crippen molar-refractivity contribution in [3.05, 3.63) is 48.5 Å². The van der Waals surface area contributed by atoms with Crippen LogP contribution in [0.1, 0.15) is 13.8 Å². The van der Waals surface area contributed by atoms with Gasteiger partial charge in [-0.2, -0.15) is 0 Å². The van der Waals surface area contributed by atoms with E-state index >= 15 is 0 Å². The molecule has 2 aromatic rings. The summed E-state index contributed by atoms with van der Waals surface area (Å²) in [6.07, 6.45) is 0. The van der Waals surface area contributed by atoms with E-state index in [4.69, 9.17) is 4.74 Å². The Labute approximate surface area is 161 Å². The van der Waals surface area contributed by atoms with Crippen molar-refractivity contribution in [3.63, 3.8) is 0 Å². The van der Waals surface area contributed by atoms with Crippen molar-refractivity contribution in [2.24, 2.45) is 0 Å². The van der Waals surface area contributed by atoms with Crippen molar-refractivity contribution >= 4 is 23.1 Å². The van der Waals surface area contributed by atoms with E-state index < -0.39 is 0 Å². The van der Waals surface area contributed by atoms with Crippen LogP contribution in [-0.4, -0.2) is 45.4 Å². The Kier molecular flexibility index (Phi) is 6.06. The van der Waals surface area contributed by atoms with Crippen LogP contribution in [0.5, 0.6) is 5.75 Å². The third-order valence-corrected chi connectivity index (χ3v) is 4.63. The summed E-state index contributed by atoms with van der Waals surface area (Å²) in [6, 6.07) is 16.2. The Hall–Kier alpha value is -2.89. The lowest BCUT2D eigenvalue weighted by Crippen LogP contribution is -2.46. The summed E-state index contributed by atoms with van der Waals surface area (Å²) in [6.45, 7) is 7.76. The van der Waals surface area contributed by atoms with Crippen molar-refractivity contribution in [1.29, 1.82) is 0 Å². The number of carbonyl (C=O) groups excluding carboxylic acids is 1. The van der Waals surface area contributed by atoms with Crippen LogP contribution in [0, 0.1) is 0 Å². The first-order valence-corrected chi connectivity index (χ1v) is 9.36. The van der Waals surface area contributed by atoms with Gasteiger partial charge in [-0.3, -0.25) is 0 Å². The van der Waals surface area contributed by atoms with E-state index in [9.17, 15) is 4.79 Å². The smallest absolute Gasteiger partial charge is 0.319 e. The number of carbonyl (C=O) groups is 1. The number of ether oxygens (including phenoxy) is 1. The van der Waals surface area contributed by atoms with Gasteiger partial charge in [0.1, 0.15) is 5.75 Å². The highest BCUT2D eigenvalue weighted by molar-refractivity contribution is 5.89. The van der Waals surface area contributed by atoms with E-state index in [-0.39, 0.29) is 12.1 Å². The second-order valence-corrected chi connectivity index (χ2v) is 6.97. The van der Waals surface area contributed by atoms with Gasteiger partial charge in [-0.1, -0.05) is 0 Å². The first-order chi connectivity index (χ1) is 13.0. The lowest BCUT2D eigenvalue weighted by molar-refractivity contribution is 0.250. The van der Waals surface area contributed by atoms with Gasteiger partial charge < -0.3 is 25.2 Å². The monoisotopic (exact) mass is 368 g/mol. The summed E-state index contributed by atoms with van der Waals surface area (Å²) < 4.78 is 5.23. The molecule has 0 bridgehead atoms. The SMILES string of the molecule is COc1ccc(N2CCN(c3ccc(NC(=O)NC(C)C)cc3)CC2)cc1. The average molecular weight is 368 g/mol. The van der Waals surface area contributed by atoms with Crippen LogP contribution < -0.4 is 25.2 Å². The summed E-state index contributed by atoms with van der Waals surface area (Å²) in [5.41, 5.74) is 3.21. The number of urea groups is 1. The second-order valence-electron chi connectivity index (χ2n) is 6.97. The molecule has 3 rings (SSSR count). The Morgan fingerprint density at radius 1 is 0.889 bits per heavy atom. The number of amides is 2. The highest BCUT2D eigenvalue weighted by Gasteiger charge is 2.17. The molecular weight excluding hydrogens is 340 g/mol. The van der Waals surface area contributed by atoms with E-state index in [2.05, 4.69) is 44.7 Å². The molecule has 1 heterocycles. The molecule has 6 nitrogen and oxygen atoms in total. The highest BCUT2D eigenvalue weighted by atomic mass is 16.5. The van der Waals surface area contributed by atoms with Gasteiger partial charge in [0.15, 0.2) is 0 Å². The zero-order valence-electron chi connectivity index (χ0n) is 16.2. The predicted octanol–water partition coefficient (Wildman–Crippen LogP) is 3.55. The number of hydrogen-bond acceptors (Lipinski definition) is 4. The second kappa shape index (κ2) is 8.66. The Balaban J connectivity index is 1.53. The number of nitrogens with one attached hydrogen (secondary N) is 2. The maximum Gasteiger partial charge on any atom is 0.319 e. The maximum absolute atomic E-state index is 11.8. The van der Waals surface area contributed by atoms with Gasteiger partial charge in [0, 0.05) is 49.3 Å². The number of nitrogens with zero attached hydrogens (tertiary/aromatic N) is 2. The molecule has 1 saturated heterocycles. The minimum atomic E-state index is -0.175.